The first-order valence-corrected chi connectivity index (χ1v) is 7.69. The first kappa shape index (κ1) is 15.2. The summed E-state index contributed by atoms with van der Waals surface area (Å²) in [7, 11) is -10.7. The fourth-order valence-electron chi connectivity index (χ4n) is 1.22. The fourth-order valence-corrected chi connectivity index (χ4v) is 2.18. The summed E-state index contributed by atoms with van der Waals surface area (Å²) in [6, 6.07) is 8.49. The molecule has 0 bridgehead atoms. The molecule has 0 radical (unpaired) electrons. The molecule has 0 aliphatic rings. The van der Waals surface area contributed by atoms with Crippen LogP contribution < -0.4 is 4.57 Å². The molecule has 2 aromatic rings. The van der Waals surface area contributed by atoms with Crippen molar-refractivity contribution in [1.82, 2.24) is 0 Å². The van der Waals surface area contributed by atoms with Crippen LogP contribution in [0.1, 0.15) is 6.92 Å². The summed E-state index contributed by atoms with van der Waals surface area (Å²) < 4.78 is 62.8. The molecule has 0 saturated carbocycles. The van der Waals surface area contributed by atoms with Crippen molar-refractivity contribution in [3.05, 3.63) is 29.8 Å². The molecule has 9 heteroatoms. The number of nitrogens with zero attached hydrogens (tertiary/aromatic N) is 1. The Bertz CT molecular complexity index is 535. The van der Waals surface area contributed by atoms with Crippen molar-refractivity contribution in [2.45, 2.75) is 13.5 Å². The maximum absolute atomic E-state index is 10.7. The Kier molecular flexibility index (Phi) is 3.43. The van der Waals surface area contributed by atoms with Gasteiger partial charge in [0.1, 0.15) is 11.2 Å². The number of aryl methyl sites for hydroxylation is 1. The summed E-state index contributed by atoms with van der Waals surface area (Å²) in [5, 5.41) is 0. The summed E-state index contributed by atoms with van der Waals surface area (Å²) in [5.74, 6) is 0. The van der Waals surface area contributed by atoms with Crippen molar-refractivity contribution in [2.24, 2.45) is 0 Å². The van der Waals surface area contributed by atoms with Gasteiger partial charge in [-0.3, -0.25) is 0 Å². The monoisotopic (exact) mass is 309 g/mol. The molecule has 0 N–H and O–H groups in total. The van der Waals surface area contributed by atoms with Gasteiger partial charge in [-0.2, -0.15) is 4.57 Å². The summed E-state index contributed by atoms with van der Waals surface area (Å²) in [6.45, 7) is 3.23. The second-order valence-corrected chi connectivity index (χ2v) is 6.24. The van der Waals surface area contributed by atoms with Crippen LogP contribution in [0.3, 0.4) is 0 Å². The van der Waals surface area contributed by atoms with Gasteiger partial charge < -0.3 is 0 Å². The van der Waals surface area contributed by atoms with E-state index in [0.29, 0.717) is 0 Å². The molecule has 104 valence electrons. The number of rotatable bonds is 1. The van der Waals surface area contributed by atoms with Gasteiger partial charge in [-0.05, 0) is 13.0 Å². The first-order chi connectivity index (χ1) is 7.86. The molecule has 0 aliphatic heterocycles. The Morgan fingerprint density at radius 2 is 1.56 bits per heavy atom. The third-order valence-electron chi connectivity index (χ3n) is 1.82. The maximum atomic E-state index is 9.87. The number of hydrogen-bond acceptors (Lipinski definition) is 1. The van der Waals surface area contributed by atoms with Gasteiger partial charge in [-0.15, -0.1) is 0 Å². The van der Waals surface area contributed by atoms with E-state index in [4.69, 9.17) is 0 Å². The number of halogens is 6. The average Bonchev–Trinajstić information content (AvgIpc) is 2.55. The summed E-state index contributed by atoms with van der Waals surface area (Å²) in [5.41, 5.74) is 3.52. The van der Waals surface area contributed by atoms with Crippen molar-refractivity contribution in [1.29, 1.82) is 0 Å². The number of fused-ring (bicyclic) bond motifs is 1. The molecule has 1 aromatic heterocycles. The number of hydrogen-bond donors (Lipinski definition) is 0. The van der Waals surface area contributed by atoms with Crippen molar-refractivity contribution in [2.75, 3.05) is 0 Å². The number of benzene rings is 1. The van der Waals surface area contributed by atoms with E-state index in [-0.39, 0.29) is 0 Å². The molecule has 1 nitrogen and oxygen atoms in total. The molecule has 1 heterocycles. The van der Waals surface area contributed by atoms with E-state index < -0.39 is 7.81 Å². The van der Waals surface area contributed by atoms with Crippen LogP contribution in [0.15, 0.2) is 29.8 Å². The van der Waals surface area contributed by atoms with E-state index in [9.17, 15) is 25.2 Å². The summed E-state index contributed by atoms with van der Waals surface area (Å²) >= 11 is 1.80. The predicted octanol–water partition coefficient (Wildman–Crippen LogP) is 5.59. The topological polar surface area (TPSA) is 3.88 Å². The molecule has 0 unspecified atom stereocenters. The van der Waals surface area contributed by atoms with Crippen LogP contribution in [0.2, 0.25) is 0 Å². The minimum atomic E-state index is -10.7. The van der Waals surface area contributed by atoms with Crippen LogP contribution in [-0.4, -0.2) is 0 Å². The summed E-state index contributed by atoms with van der Waals surface area (Å²) in [6.07, 6.45) is 0. The van der Waals surface area contributed by atoms with Crippen molar-refractivity contribution in [3.8, 4) is 0 Å². The zero-order valence-electron chi connectivity index (χ0n) is 9.16. The molecular weight excluding hydrogens is 299 g/mol. The second kappa shape index (κ2) is 4.06. The molecule has 1 aromatic carbocycles. The zero-order chi connectivity index (χ0) is 14.1. The Labute approximate surface area is 103 Å². The van der Waals surface area contributed by atoms with Crippen LogP contribution in [0, 0.1) is 0 Å². The molecule has 0 aliphatic carbocycles. The molecule has 18 heavy (non-hydrogen) atoms. The normalized spacial score (nSPS) is 15.5. The second-order valence-electron chi connectivity index (χ2n) is 3.44. The molecule has 0 spiro atoms. The van der Waals surface area contributed by atoms with Crippen LogP contribution in [0.25, 0.3) is 10.2 Å². The third kappa shape index (κ3) is 6.76. The van der Waals surface area contributed by atoms with E-state index in [1.807, 2.05) is 0 Å². The van der Waals surface area contributed by atoms with E-state index >= 15 is 0 Å². The molecule has 2 rings (SSSR count). The van der Waals surface area contributed by atoms with Crippen molar-refractivity contribution in [3.63, 3.8) is 0 Å². The molecule has 0 saturated heterocycles. The minimum absolute atomic E-state index is 1.06. The van der Waals surface area contributed by atoms with Gasteiger partial charge in [-0.1, -0.05) is 23.5 Å². The third-order valence-corrected chi connectivity index (χ3v) is 2.78. The Morgan fingerprint density at radius 1 is 1.06 bits per heavy atom. The van der Waals surface area contributed by atoms with Gasteiger partial charge in [0.2, 0.25) is 11.0 Å². The fraction of sp³-hybridized carbons (Fsp3) is 0.222. The van der Waals surface area contributed by atoms with E-state index in [2.05, 4.69) is 41.3 Å². The van der Waals surface area contributed by atoms with Gasteiger partial charge in [0.05, 0.1) is 0 Å². The first-order valence-electron chi connectivity index (χ1n) is 4.79. The van der Waals surface area contributed by atoms with Crippen LogP contribution in [0.5, 0.6) is 0 Å². The Hall–Kier alpha value is -0.880. The standard InChI is InChI=1S/C9H10NS.F6P/c1-2-10-7-11-9-6-4-3-5-8(9)10;1-7(2,3,4,5)6/h3-7H,2H2,1H3;/q+1;-1. The number of aromatic nitrogens is 1. The molecular formula is C9H10F6NPS. The van der Waals surface area contributed by atoms with Crippen LogP contribution in [-0.2, 0) is 6.54 Å². The van der Waals surface area contributed by atoms with Gasteiger partial charge in [0.25, 0.3) is 0 Å². The summed E-state index contributed by atoms with van der Waals surface area (Å²) in [4.78, 5) is 0. The van der Waals surface area contributed by atoms with Gasteiger partial charge in [-0.25, -0.2) is 0 Å². The zero-order valence-corrected chi connectivity index (χ0v) is 10.9. The van der Waals surface area contributed by atoms with E-state index in [0.717, 1.165) is 6.54 Å². The SMILES string of the molecule is CC[n+]1csc2ccccc21.F[P-](F)(F)(F)(F)F. The predicted molar refractivity (Wildman–Crippen MR) is 61.3 cm³/mol. The van der Waals surface area contributed by atoms with E-state index in [1.54, 1.807) is 11.3 Å². The molecule has 0 amide bonds. The van der Waals surface area contributed by atoms with Gasteiger partial charge >= 0.3 is 33.0 Å². The number of para-hydroxylation sites is 1. The van der Waals surface area contributed by atoms with Crippen LogP contribution in [0.4, 0.5) is 25.2 Å². The Morgan fingerprint density at radius 3 is 2.06 bits per heavy atom. The molecule has 0 fully saturated rings. The van der Waals surface area contributed by atoms with Crippen molar-refractivity contribution >= 4 is 29.4 Å². The van der Waals surface area contributed by atoms with Gasteiger partial charge in [0, 0.05) is 6.07 Å². The number of thiazole rings is 1. The Balaban J connectivity index is 0.000000203. The molecule has 0 atom stereocenters. The quantitative estimate of drug-likeness (QED) is 0.367. The van der Waals surface area contributed by atoms with Crippen LogP contribution >= 0.6 is 19.1 Å². The van der Waals surface area contributed by atoms with Gasteiger partial charge in [0.15, 0.2) is 0 Å². The van der Waals surface area contributed by atoms with Crippen molar-refractivity contribution < 1.29 is 29.7 Å². The van der Waals surface area contributed by atoms with E-state index in [1.165, 1.54) is 10.2 Å². The average molecular weight is 309 g/mol.